The average Bonchev–Trinajstić information content (AvgIpc) is 2.59. The minimum atomic E-state index is 1.30. The fraction of sp³-hybridized carbons (Fsp3) is 0.0435. The zero-order valence-electron chi connectivity index (χ0n) is 13.0. The zero-order valence-corrected chi connectivity index (χ0v) is 13.0. The van der Waals surface area contributed by atoms with Crippen LogP contribution in [0.3, 0.4) is 0 Å². The monoisotopic (exact) mass is 292 g/mol. The molecule has 0 saturated heterocycles. The van der Waals surface area contributed by atoms with Crippen molar-refractivity contribution < 1.29 is 0 Å². The summed E-state index contributed by atoms with van der Waals surface area (Å²) in [5, 5.41) is 10.6. The van der Waals surface area contributed by atoms with Gasteiger partial charge in [-0.25, -0.2) is 0 Å². The maximum Gasteiger partial charge on any atom is -0.00265 e. The number of aryl methyl sites for hydroxylation is 1. The first-order valence-corrected chi connectivity index (χ1v) is 8.04. The molecule has 0 nitrogen and oxygen atoms in total. The van der Waals surface area contributed by atoms with Gasteiger partial charge in [-0.05, 0) is 62.1 Å². The van der Waals surface area contributed by atoms with Crippen molar-refractivity contribution in [3.05, 3.63) is 84.4 Å². The second-order valence-corrected chi connectivity index (χ2v) is 6.37. The molecule has 0 amide bonds. The third-order valence-electron chi connectivity index (χ3n) is 4.84. The van der Waals surface area contributed by atoms with Gasteiger partial charge in [0.2, 0.25) is 0 Å². The minimum absolute atomic E-state index is 1.30. The SMILES string of the molecule is Cc1ccc2ccc3ccc4cc5ccccc5cc4c3c2c1. The van der Waals surface area contributed by atoms with Crippen molar-refractivity contribution in [3.8, 4) is 0 Å². The van der Waals surface area contributed by atoms with Crippen molar-refractivity contribution in [2.75, 3.05) is 0 Å². The van der Waals surface area contributed by atoms with Gasteiger partial charge in [0.15, 0.2) is 0 Å². The summed E-state index contributed by atoms with van der Waals surface area (Å²) in [6.45, 7) is 2.17. The van der Waals surface area contributed by atoms with E-state index in [1.54, 1.807) is 0 Å². The van der Waals surface area contributed by atoms with Crippen molar-refractivity contribution in [1.82, 2.24) is 0 Å². The Balaban J connectivity index is 2.08. The molecule has 0 aliphatic carbocycles. The molecule has 0 heterocycles. The zero-order chi connectivity index (χ0) is 15.4. The summed E-state index contributed by atoms with van der Waals surface area (Å²) in [4.78, 5) is 0. The molecule has 0 saturated carbocycles. The third-order valence-corrected chi connectivity index (χ3v) is 4.84. The Labute approximate surface area is 135 Å². The Hall–Kier alpha value is -2.86. The molecule has 5 aromatic rings. The maximum absolute atomic E-state index is 2.34. The molecule has 0 atom stereocenters. The van der Waals surface area contributed by atoms with E-state index >= 15 is 0 Å². The van der Waals surface area contributed by atoms with Gasteiger partial charge in [-0.15, -0.1) is 0 Å². The fourth-order valence-electron chi connectivity index (χ4n) is 3.68. The molecule has 108 valence electrons. The molecular formula is C23H16. The van der Waals surface area contributed by atoms with E-state index in [-0.39, 0.29) is 0 Å². The van der Waals surface area contributed by atoms with Crippen LogP contribution in [0.15, 0.2) is 78.9 Å². The van der Waals surface area contributed by atoms with Crippen LogP contribution < -0.4 is 0 Å². The molecule has 5 rings (SSSR count). The highest BCUT2D eigenvalue weighted by molar-refractivity contribution is 6.22. The van der Waals surface area contributed by atoms with Gasteiger partial charge < -0.3 is 0 Å². The van der Waals surface area contributed by atoms with E-state index in [1.807, 2.05) is 0 Å². The number of hydrogen-bond acceptors (Lipinski definition) is 0. The molecule has 0 aliphatic heterocycles. The van der Waals surface area contributed by atoms with Gasteiger partial charge in [0.25, 0.3) is 0 Å². The Kier molecular flexibility index (Phi) is 2.51. The lowest BCUT2D eigenvalue weighted by Gasteiger charge is -2.10. The highest BCUT2D eigenvalue weighted by Gasteiger charge is 2.07. The quantitative estimate of drug-likeness (QED) is 0.222. The highest BCUT2D eigenvalue weighted by atomic mass is 14.1. The molecule has 0 unspecified atom stereocenters. The van der Waals surface area contributed by atoms with Gasteiger partial charge in [0, 0.05) is 0 Å². The van der Waals surface area contributed by atoms with Crippen LogP contribution in [-0.2, 0) is 0 Å². The summed E-state index contributed by atoms with van der Waals surface area (Å²) in [6, 6.07) is 28.9. The Morgan fingerprint density at radius 1 is 0.478 bits per heavy atom. The summed E-state index contributed by atoms with van der Waals surface area (Å²) < 4.78 is 0. The van der Waals surface area contributed by atoms with E-state index in [4.69, 9.17) is 0 Å². The van der Waals surface area contributed by atoms with Crippen LogP contribution in [0.2, 0.25) is 0 Å². The minimum Gasteiger partial charge on any atom is -0.0616 e. The summed E-state index contributed by atoms with van der Waals surface area (Å²) in [5.41, 5.74) is 1.31. The summed E-state index contributed by atoms with van der Waals surface area (Å²) in [5.74, 6) is 0. The molecule has 0 bridgehead atoms. The van der Waals surface area contributed by atoms with Gasteiger partial charge in [-0.2, -0.15) is 0 Å². The van der Waals surface area contributed by atoms with Crippen molar-refractivity contribution in [2.45, 2.75) is 6.92 Å². The van der Waals surface area contributed by atoms with Gasteiger partial charge in [-0.1, -0.05) is 72.3 Å². The van der Waals surface area contributed by atoms with E-state index in [2.05, 4.69) is 85.8 Å². The molecule has 0 N–H and O–H groups in total. The van der Waals surface area contributed by atoms with Crippen LogP contribution in [0, 0.1) is 6.92 Å². The van der Waals surface area contributed by atoms with Crippen LogP contribution in [0.25, 0.3) is 43.1 Å². The molecule has 5 aromatic carbocycles. The summed E-state index contributed by atoms with van der Waals surface area (Å²) in [7, 11) is 0. The number of fused-ring (bicyclic) bond motifs is 6. The summed E-state index contributed by atoms with van der Waals surface area (Å²) in [6.07, 6.45) is 0. The van der Waals surface area contributed by atoms with Crippen LogP contribution in [-0.4, -0.2) is 0 Å². The van der Waals surface area contributed by atoms with Gasteiger partial charge in [-0.3, -0.25) is 0 Å². The Bertz CT molecular complexity index is 1210. The van der Waals surface area contributed by atoms with Crippen molar-refractivity contribution in [2.24, 2.45) is 0 Å². The van der Waals surface area contributed by atoms with E-state index in [0.29, 0.717) is 0 Å². The predicted octanol–water partition coefficient (Wildman–Crippen LogP) is 6.61. The number of hydrogen-bond donors (Lipinski definition) is 0. The maximum atomic E-state index is 2.34. The highest BCUT2D eigenvalue weighted by Crippen LogP contribution is 2.34. The van der Waals surface area contributed by atoms with Gasteiger partial charge in [0.1, 0.15) is 0 Å². The third kappa shape index (κ3) is 1.85. The molecule has 0 spiro atoms. The largest absolute Gasteiger partial charge is 0.0616 e. The number of benzene rings is 5. The van der Waals surface area contributed by atoms with Crippen LogP contribution >= 0.6 is 0 Å². The van der Waals surface area contributed by atoms with Crippen LogP contribution in [0.1, 0.15) is 5.56 Å². The first-order valence-electron chi connectivity index (χ1n) is 8.04. The van der Waals surface area contributed by atoms with Crippen LogP contribution in [0.5, 0.6) is 0 Å². The van der Waals surface area contributed by atoms with Gasteiger partial charge >= 0.3 is 0 Å². The number of rotatable bonds is 0. The average molecular weight is 292 g/mol. The second-order valence-electron chi connectivity index (χ2n) is 6.37. The van der Waals surface area contributed by atoms with E-state index < -0.39 is 0 Å². The molecule has 23 heavy (non-hydrogen) atoms. The summed E-state index contributed by atoms with van der Waals surface area (Å²) >= 11 is 0. The molecule has 0 aromatic heterocycles. The smallest absolute Gasteiger partial charge is 0.00265 e. The standard InChI is InChI=1S/C23H16/c1-15-6-7-16-8-9-17-10-11-20-13-18-4-2-3-5-19(18)14-22(20)23(17)21(16)12-15/h2-14H,1H3. The Morgan fingerprint density at radius 3 is 1.91 bits per heavy atom. The lowest BCUT2D eigenvalue weighted by molar-refractivity contribution is 1.51. The molecule has 0 heteroatoms. The normalized spacial score (nSPS) is 11.7. The topological polar surface area (TPSA) is 0 Å². The molecule has 0 fully saturated rings. The van der Waals surface area contributed by atoms with Gasteiger partial charge in [0.05, 0.1) is 0 Å². The Morgan fingerprint density at radius 2 is 1.09 bits per heavy atom. The van der Waals surface area contributed by atoms with E-state index in [1.165, 1.54) is 48.7 Å². The van der Waals surface area contributed by atoms with Crippen molar-refractivity contribution >= 4 is 43.1 Å². The lowest BCUT2D eigenvalue weighted by atomic mass is 9.94. The molecule has 0 radical (unpaired) electrons. The first kappa shape index (κ1) is 12.7. The lowest BCUT2D eigenvalue weighted by Crippen LogP contribution is -1.83. The fourth-order valence-corrected chi connectivity index (χ4v) is 3.68. The van der Waals surface area contributed by atoms with Crippen molar-refractivity contribution in [3.63, 3.8) is 0 Å². The van der Waals surface area contributed by atoms with Crippen LogP contribution in [0.4, 0.5) is 0 Å². The van der Waals surface area contributed by atoms with E-state index in [0.717, 1.165) is 0 Å². The second kappa shape index (κ2) is 4.57. The molecular weight excluding hydrogens is 276 g/mol. The predicted molar refractivity (Wildman–Crippen MR) is 101 cm³/mol. The first-order chi connectivity index (χ1) is 11.3. The molecule has 0 aliphatic rings. The van der Waals surface area contributed by atoms with Crippen molar-refractivity contribution in [1.29, 1.82) is 0 Å². The van der Waals surface area contributed by atoms with E-state index in [9.17, 15) is 0 Å².